The number of carbonyl (C=O) groups is 2. The molecular weight excluding hydrogens is 290 g/mol. The van der Waals surface area contributed by atoms with Gasteiger partial charge >= 0.3 is 49.7 Å². The third kappa shape index (κ3) is 20.3. The predicted octanol–water partition coefficient (Wildman–Crippen LogP) is 2.12. The van der Waals surface area contributed by atoms with E-state index in [0.717, 1.165) is 38.5 Å². The minimum absolute atomic E-state index is 0. The molecule has 6 heteroatoms. The Morgan fingerprint density at radius 1 is 0.750 bits per heavy atom. The molecule has 0 aromatic rings. The van der Waals surface area contributed by atoms with Crippen LogP contribution in [0.2, 0.25) is 0 Å². The van der Waals surface area contributed by atoms with E-state index < -0.39 is 11.9 Å². The summed E-state index contributed by atoms with van der Waals surface area (Å²) in [5.74, 6) is -1.48. The Morgan fingerprint density at radius 3 is 1.25 bits per heavy atom. The van der Waals surface area contributed by atoms with Gasteiger partial charge in [-0.2, -0.15) is 0 Å². The molecule has 2 N–H and O–H groups in total. The van der Waals surface area contributed by atoms with E-state index in [2.05, 4.69) is 0 Å². The number of carboxylic acids is 2. The molecule has 0 rings (SSSR count). The Bertz CT molecular complexity index is 177. The van der Waals surface area contributed by atoms with Crippen molar-refractivity contribution >= 4 is 49.7 Å². The van der Waals surface area contributed by atoms with Crippen molar-refractivity contribution in [1.82, 2.24) is 0 Å². The molecule has 0 aliphatic heterocycles. The minimum atomic E-state index is -0.740. The summed E-state index contributed by atoms with van der Waals surface area (Å²) >= 11 is 0. The summed E-state index contributed by atoms with van der Waals surface area (Å²) in [6.45, 7) is 0. The van der Waals surface area contributed by atoms with Gasteiger partial charge in [0.05, 0.1) is 0 Å². The molecule has 0 saturated carbocycles. The first-order chi connectivity index (χ1) is 6.63. The van der Waals surface area contributed by atoms with E-state index in [1.54, 1.807) is 0 Å². The second-order valence-electron chi connectivity index (χ2n) is 3.41. The van der Waals surface area contributed by atoms with Crippen LogP contribution in [0.3, 0.4) is 0 Å². The molecular formula is C10H20CaO4Zn. The van der Waals surface area contributed by atoms with Crippen LogP contribution in [0.1, 0.15) is 54.2 Å². The molecule has 0 aromatic heterocycles. The van der Waals surface area contributed by atoms with Gasteiger partial charge in [0.2, 0.25) is 0 Å². The maximum atomic E-state index is 10.1. The van der Waals surface area contributed by atoms with Crippen LogP contribution in [0.25, 0.3) is 0 Å². The first kappa shape index (κ1) is 22.0. The van der Waals surface area contributed by atoms with Gasteiger partial charge in [0, 0.05) is 32.3 Å². The summed E-state index contributed by atoms with van der Waals surface area (Å²) in [6, 6.07) is 0. The quantitative estimate of drug-likeness (QED) is 0.505. The molecule has 0 heterocycles. The third-order valence-electron chi connectivity index (χ3n) is 2.03. The van der Waals surface area contributed by atoms with Crippen LogP contribution in [-0.2, 0) is 29.1 Å². The number of aliphatic carboxylic acids is 2. The zero-order valence-corrected chi connectivity index (χ0v) is 15.0. The van der Waals surface area contributed by atoms with Crippen LogP contribution in [-0.4, -0.2) is 59.9 Å². The van der Waals surface area contributed by atoms with Crippen molar-refractivity contribution in [3.05, 3.63) is 0 Å². The number of hydrogen-bond donors (Lipinski definition) is 2. The van der Waals surface area contributed by atoms with Crippen molar-refractivity contribution in [1.29, 1.82) is 0 Å². The Labute approximate surface area is 142 Å². The first-order valence-electron chi connectivity index (χ1n) is 5.06. The van der Waals surface area contributed by atoms with E-state index in [1.807, 2.05) is 0 Å². The van der Waals surface area contributed by atoms with Crippen molar-refractivity contribution in [2.24, 2.45) is 0 Å². The Balaban J connectivity index is -0.000000141. The van der Waals surface area contributed by atoms with Crippen molar-refractivity contribution < 1.29 is 42.1 Å². The molecule has 88 valence electrons. The number of hydrogen-bond acceptors (Lipinski definition) is 2. The summed E-state index contributed by atoms with van der Waals surface area (Å²) in [6.07, 6.45) is 5.82. The van der Waals surface area contributed by atoms with Gasteiger partial charge in [-0.3, -0.25) is 9.59 Å². The minimum Gasteiger partial charge on any atom is -1.00 e. The zero-order valence-electron chi connectivity index (χ0n) is 11.8. The van der Waals surface area contributed by atoms with E-state index >= 15 is 0 Å². The largest absolute Gasteiger partial charge is 2.00 e. The van der Waals surface area contributed by atoms with Gasteiger partial charge in [-0.25, -0.2) is 0 Å². The van der Waals surface area contributed by atoms with Crippen LogP contribution in [0.15, 0.2) is 0 Å². The summed E-state index contributed by atoms with van der Waals surface area (Å²) in [7, 11) is 0. The van der Waals surface area contributed by atoms with Crippen molar-refractivity contribution in [2.75, 3.05) is 0 Å². The van der Waals surface area contributed by atoms with Gasteiger partial charge in [-0.1, -0.05) is 25.7 Å². The molecule has 0 unspecified atom stereocenters. The van der Waals surface area contributed by atoms with Gasteiger partial charge in [0.1, 0.15) is 0 Å². The maximum Gasteiger partial charge on any atom is 2.00 e. The topological polar surface area (TPSA) is 74.6 Å². The third-order valence-corrected chi connectivity index (χ3v) is 2.03. The smallest absolute Gasteiger partial charge is 1.00 e. The number of unbranched alkanes of at least 4 members (excludes halogenated alkanes) is 5. The summed E-state index contributed by atoms with van der Waals surface area (Å²) < 4.78 is 0. The van der Waals surface area contributed by atoms with Crippen molar-refractivity contribution in [3.63, 3.8) is 0 Å². The van der Waals surface area contributed by atoms with Gasteiger partial charge < -0.3 is 13.1 Å². The molecule has 0 aliphatic rings. The molecule has 0 spiro atoms. The molecule has 0 fully saturated rings. The SMILES string of the molecule is O=C(O)CCCCCCCCC(=O)O.[Ca+2].[H-].[H-].[Zn]. The summed E-state index contributed by atoms with van der Waals surface area (Å²) in [5.41, 5.74) is 0. The Hall–Kier alpha value is 0.823. The molecule has 16 heavy (non-hydrogen) atoms. The van der Waals surface area contributed by atoms with Crippen LogP contribution in [0.5, 0.6) is 0 Å². The fourth-order valence-corrected chi connectivity index (χ4v) is 1.26. The Morgan fingerprint density at radius 2 is 1.00 bits per heavy atom. The van der Waals surface area contributed by atoms with Crippen LogP contribution >= 0.6 is 0 Å². The van der Waals surface area contributed by atoms with E-state index in [0.29, 0.717) is 0 Å². The molecule has 0 radical (unpaired) electrons. The van der Waals surface area contributed by atoms with Crippen LogP contribution in [0.4, 0.5) is 0 Å². The fraction of sp³-hybridized carbons (Fsp3) is 0.800. The van der Waals surface area contributed by atoms with Gasteiger partial charge in [-0.05, 0) is 12.8 Å². The average Bonchev–Trinajstić information content (AvgIpc) is 2.08. The van der Waals surface area contributed by atoms with Crippen molar-refractivity contribution in [3.8, 4) is 0 Å². The van der Waals surface area contributed by atoms with Gasteiger partial charge in [0.15, 0.2) is 0 Å². The zero-order chi connectivity index (χ0) is 10.8. The van der Waals surface area contributed by atoms with Gasteiger partial charge in [0.25, 0.3) is 0 Å². The second-order valence-corrected chi connectivity index (χ2v) is 3.41. The number of rotatable bonds is 9. The summed E-state index contributed by atoms with van der Waals surface area (Å²) in [5, 5.41) is 16.7. The monoisotopic (exact) mass is 308 g/mol. The maximum absolute atomic E-state index is 10.1. The van der Waals surface area contributed by atoms with Gasteiger partial charge in [-0.15, -0.1) is 0 Å². The van der Waals surface area contributed by atoms with Crippen molar-refractivity contribution in [2.45, 2.75) is 51.4 Å². The molecule has 0 amide bonds. The molecule has 0 bridgehead atoms. The molecule has 0 aromatic carbocycles. The van der Waals surface area contributed by atoms with E-state index in [-0.39, 0.29) is 72.9 Å². The van der Waals surface area contributed by atoms with E-state index in [4.69, 9.17) is 10.2 Å². The van der Waals surface area contributed by atoms with E-state index in [1.165, 1.54) is 0 Å². The number of carboxylic acid groups (broad SMARTS) is 2. The molecule has 0 atom stereocenters. The predicted molar refractivity (Wildman–Crippen MR) is 60.2 cm³/mol. The second kappa shape index (κ2) is 15.8. The van der Waals surface area contributed by atoms with E-state index in [9.17, 15) is 9.59 Å². The standard InChI is InChI=1S/C10H18O4.Ca.Zn.2H/c11-9(12)7-5-3-1-2-4-6-8-10(13)14;;;;/h1-8H2,(H,11,12)(H,13,14);;;;/q;+2;;2*-1. The summed E-state index contributed by atoms with van der Waals surface area (Å²) in [4.78, 5) is 20.3. The average molecular weight is 310 g/mol. The fourth-order valence-electron chi connectivity index (χ4n) is 1.26. The first-order valence-corrected chi connectivity index (χ1v) is 5.06. The Kier molecular flexibility index (Phi) is 21.8. The molecule has 4 nitrogen and oxygen atoms in total. The molecule has 0 aliphatic carbocycles. The van der Waals surface area contributed by atoms with Crippen LogP contribution in [0, 0.1) is 0 Å². The normalized spacial score (nSPS) is 8.75. The molecule has 0 saturated heterocycles. The van der Waals surface area contributed by atoms with Crippen LogP contribution < -0.4 is 0 Å².